The number of hydrogen-bond acceptors (Lipinski definition) is 2. The predicted octanol–water partition coefficient (Wildman–Crippen LogP) is 3.88. The van der Waals surface area contributed by atoms with Crippen molar-refractivity contribution in [1.82, 2.24) is 0 Å². The summed E-state index contributed by atoms with van der Waals surface area (Å²) in [5.74, 6) is -0.396. The van der Waals surface area contributed by atoms with Crippen LogP contribution in [0.3, 0.4) is 0 Å². The summed E-state index contributed by atoms with van der Waals surface area (Å²) in [4.78, 5) is 11.2. The van der Waals surface area contributed by atoms with Crippen LogP contribution in [0.15, 0.2) is 36.4 Å². The lowest BCUT2D eigenvalue weighted by Gasteiger charge is -2.20. The van der Waals surface area contributed by atoms with Gasteiger partial charge in [0.1, 0.15) is 0 Å². The van der Waals surface area contributed by atoms with Crippen molar-refractivity contribution >= 4 is 11.6 Å². The van der Waals surface area contributed by atoms with E-state index in [-0.39, 0.29) is 6.04 Å². The van der Waals surface area contributed by atoms with Gasteiger partial charge in [0, 0.05) is 17.3 Å². The Balaban J connectivity index is 2.23. The van der Waals surface area contributed by atoms with Crippen LogP contribution in [0.5, 0.6) is 0 Å². The van der Waals surface area contributed by atoms with Crippen LogP contribution in [0, 0.1) is 20.8 Å². The zero-order chi connectivity index (χ0) is 15.6. The summed E-state index contributed by atoms with van der Waals surface area (Å²) in [6.45, 7) is 8.34. The summed E-state index contributed by atoms with van der Waals surface area (Å²) in [6.07, 6.45) is 0. The molecule has 2 aromatic rings. The average Bonchev–Trinajstić information content (AvgIpc) is 2.40. The molecule has 0 bridgehead atoms. The van der Waals surface area contributed by atoms with E-state index in [4.69, 9.17) is 5.73 Å². The molecule has 3 nitrogen and oxygen atoms in total. The van der Waals surface area contributed by atoms with Crippen molar-refractivity contribution in [1.29, 1.82) is 0 Å². The summed E-state index contributed by atoms with van der Waals surface area (Å²) in [7, 11) is 0. The van der Waals surface area contributed by atoms with E-state index in [0.717, 1.165) is 11.3 Å². The maximum atomic E-state index is 11.2. The van der Waals surface area contributed by atoms with E-state index in [9.17, 15) is 4.79 Å². The van der Waals surface area contributed by atoms with Crippen molar-refractivity contribution < 1.29 is 4.79 Å². The molecule has 0 aliphatic carbocycles. The Bertz CT molecular complexity index is 677. The van der Waals surface area contributed by atoms with Gasteiger partial charge in [-0.05, 0) is 62.6 Å². The molecular weight excluding hydrogens is 260 g/mol. The van der Waals surface area contributed by atoms with Gasteiger partial charge in [-0.25, -0.2) is 0 Å². The van der Waals surface area contributed by atoms with Gasteiger partial charge < -0.3 is 11.1 Å². The highest BCUT2D eigenvalue weighted by molar-refractivity contribution is 5.93. The predicted molar refractivity (Wildman–Crippen MR) is 87.7 cm³/mol. The van der Waals surface area contributed by atoms with Crippen molar-refractivity contribution in [2.24, 2.45) is 5.73 Å². The number of nitrogens with one attached hydrogen (secondary N) is 1. The number of carbonyl (C=O) groups is 1. The zero-order valence-corrected chi connectivity index (χ0v) is 13.0. The van der Waals surface area contributed by atoms with Gasteiger partial charge in [-0.15, -0.1) is 0 Å². The molecule has 0 saturated carbocycles. The molecular formula is C18H22N2O. The van der Waals surface area contributed by atoms with Crippen LogP contribution in [0.4, 0.5) is 5.69 Å². The second kappa shape index (κ2) is 6.00. The molecule has 0 saturated heterocycles. The molecule has 0 aromatic heterocycles. The number of carbonyl (C=O) groups excluding carboxylic acids is 1. The van der Waals surface area contributed by atoms with Gasteiger partial charge in [-0.1, -0.05) is 23.8 Å². The number of benzene rings is 2. The Morgan fingerprint density at radius 3 is 2.33 bits per heavy atom. The molecule has 1 atom stereocenters. The van der Waals surface area contributed by atoms with E-state index in [1.54, 1.807) is 6.07 Å². The molecule has 2 rings (SSSR count). The van der Waals surface area contributed by atoms with Crippen molar-refractivity contribution in [3.05, 3.63) is 64.2 Å². The molecule has 1 amide bonds. The lowest BCUT2D eigenvalue weighted by atomic mass is 9.99. The van der Waals surface area contributed by atoms with Crippen LogP contribution in [0.2, 0.25) is 0 Å². The van der Waals surface area contributed by atoms with Crippen molar-refractivity contribution in [3.63, 3.8) is 0 Å². The van der Waals surface area contributed by atoms with Gasteiger partial charge in [-0.2, -0.15) is 0 Å². The lowest BCUT2D eigenvalue weighted by molar-refractivity contribution is 0.1000. The van der Waals surface area contributed by atoms with Crippen LogP contribution >= 0.6 is 0 Å². The minimum Gasteiger partial charge on any atom is -0.378 e. The minimum atomic E-state index is -0.396. The van der Waals surface area contributed by atoms with E-state index in [2.05, 4.69) is 44.3 Å². The molecule has 3 heteroatoms. The molecule has 0 aliphatic rings. The third kappa shape index (κ3) is 3.43. The summed E-state index contributed by atoms with van der Waals surface area (Å²) in [5.41, 5.74) is 11.7. The fourth-order valence-electron chi connectivity index (χ4n) is 2.60. The van der Waals surface area contributed by atoms with Crippen LogP contribution in [0.25, 0.3) is 0 Å². The zero-order valence-electron chi connectivity index (χ0n) is 13.0. The number of primary amides is 1. The fraction of sp³-hybridized carbons (Fsp3) is 0.278. The first-order valence-corrected chi connectivity index (χ1v) is 7.12. The molecule has 2 aromatic carbocycles. The Morgan fingerprint density at radius 1 is 1.05 bits per heavy atom. The first kappa shape index (κ1) is 15.1. The van der Waals surface area contributed by atoms with Crippen LogP contribution < -0.4 is 11.1 Å². The van der Waals surface area contributed by atoms with Gasteiger partial charge >= 0.3 is 0 Å². The highest BCUT2D eigenvalue weighted by Gasteiger charge is 2.10. The highest BCUT2D eigenvalue weighted by atomic mass is 16.1. The van der Waals surface area contributed by atoms with E-state index in [1.807, 2.05) is 19.1 Å². The third-order valence-electron chi connectivity index (χ3n) is 3.77. The Hall–Kier alpha value is -2.29. The van der Waals surface area contributed by atoms with Crippen molar-refractivity contribution in [2.75, 3.05) is 5.32 Å². The third-order valence-corrected chi connectivity index (χ3v) is 3.77. The van der Waals surface area contributed by atoms with Gasteiger partial charge in [0.15, 0.2) is 0 Å². The normalized spacial score (nSPS) is 12.0. The summed E-state index contributed by atoms with van der Waals surface area (Å²) in [6, 6.07) is 12.2. The summed E-state index contributed by atoms with van der Waals surface area (Å²) in [5, 5.41) is 3.50. The number of hydrogen-bond donors (Lipinski definition) is 2. The first-order valence-electron chi connectivity index (χ1n) is 7.12. The SMILES string of the molecule is Cc1ccc(C(C)Nc2ccc(C(N)=O)cc2C)c(C)c1. The highest BCUT2D eigenvalue weighted by Crippen LogP contribution is 2.25. The van der Waals surface area contributed by atoms with Crippen LogP contribution in [-0.2, 0) is 0 Å². The Labute approximate surface area is 126 Å². The molecule has 0 radical (unpaired) electrons. The van der Waals surface area contributed by atoms with Crippen molar-refractivity contribution in [3.8, 4) is 0 Å². The number of amides is 1. The molecule has 0 aliphatic heterocycles. The molecule has 0 fully saturated rings. The monoisotopic (exact) mass is 282 g/mol. The minimum absolute atomic E-state index is 0.198. The number of anilines is 1. The maximum absolute atomic E-state index is 11.2. The summed E-state index contributed by atoms with van der Waals surface area (Å²) >= 11 is 0. The van der Waals surface area contributed by atoms with E-state index in [0.29, 0.717) is 5.56 Å². The number of aryl methyl sites for hydroxylation is 3. The maximum Gasteiger partial charge on any atom is 0.248 e. The molecule has 110 valence electrons. The van der Waals surface area contributed by atoms with Crippen LogP contribution in [-0.4, -0.2) is 5.91 Å². The standard InChI is InChI=1S/C18H22N2O/c1-11-5-7-16(12(2)9-11)14(4)20-17-8-6-15(18(19)21)10-13(17)3/h5-10,14,20H,1-4H3,(H2,19,21). The molecule has 0 heterocycles. The second-order valence-electron chi connectivity index (χ2n) is 5.62. The Kier molecular flexibility index (Phi) is 4.32. The fourth-order valence-corrected chi connectivity index (χ4v) is 2.60. The molecule has 1 unspecified atom stereocenters. The van der Waals surface area contributed by atoms with Gasteiger partial charge in [0.25, 0.3) is 0 Å². The van der Waals surface area contributed by atoms with Crippen LogP contribution in [0.1, 0.15) is 45.6 Å². The van der Waals surface area contributed by atoms with E-state index < -0.39 is 5.91 Å². The van der Waals surface area contributed by atoms with Gasteiger partial charge in [0.2, 0.25) is 5.91 Å². The van der Waals surface area contributed by atoms with E-state index >= 15 is 0 Å². The average molecular weight is 282 g/mol. The molecule has 0 spiro atoms. The first-order chi connectivity index (χ1) is 9.88. The number of nitrogens with two attached hydrogens (primary N) is 1. The Morgan fingerprint density at radius 2 is 1.76 bits per heavy atom. The quantitative estimate of drug-likeness (QED) is 0.894. The van der Waals surface area contributed by atoms with E-state index in [1.165, 1.54) is 16.7 Å². The lowest BCUT2D eigenvalue weighted by Crippen LogP contribution is -2.13. The molecule has 3 N–H and O–H groups in total. The smallest absolute Gasteiger partial charge is 0.248 e. The van der Waals surface area contributed by atoms with Gasteiger partial charge in [-0.3, -0.25) is 4.79 Å². The van der Waals surface area contributed by atoms with Crippen molar-refractivity contribution in [2.45, 2.75) is 33.7 Å². The largest absolute Gasteiger partial charge is 0.378 e. The summed E-state index contributed by atoms with van der Waals surface area (Å²) < 4.78 is 0. The topological polar surface area (TPSA) is 55.1 Å². The molecule has 21 heavy (non-hydrogen) atoms. The number of rotatable bonds is 4. The van der Waals surface area contributed by atoms with Gasteiger partial charge in [0.05, 0.1) is 0 Å². The second-order valence-corrected chi connectivity index (χ2v) is 5.62.